The summed E-state index contributed by atoms with van der Waals surface area (Å²) in [6.07, 6.45) is 4.86. The number of thioether (sulfide) groups is 1. The molecule has 36 heavy (non-hydrogen) atoms. The van der Waals surface area contributed by atoms with Crippen molar-refractivity contribution in [2.75, 3.05) is 29.9 Å². The molecule has 2 aliphatic heterocycles. The van der Waals surface area contributed by atoms with E-state index in [0.29, 0.717) is 44.6 Å². The van der Waals surface area contributed by atoms with E-state index < -0.39 is 33.5 Å². The fourth-order valence-corrected chi connectivity index (χ4v) is 6.32. The molecule has 1 unspecified atom stereocenters. The lowest BCUT2D eigenvalue weighted by Crippen LogP contribution is -2.49. The van der Waals surface area contributed by atoms with Crippen LogP contribution in [-0.4, -0.2) is 65.2 Å². The number of hydrogen-bond acceptors (Lipinski definition) is 9. The van der Waals surface area contributed by atoms with E-state index in [1.165, 1.54) is 0 Å². The van der Waals surface area contributed by atoms with Crippen LogP contribution in [0.25, 0.3) is 0 Å². The highest BCUT2D eigenvalue weighted by atomic mass is 32.2. The molecule has 1 atom stereocenters. The maximum atomic E-state index is 14.3. The Bertz CT molecular complexity index is 1150. The van der Waals surface area contributed by atoms with Gasteiger partial charge in [0.05, 0.1) is 29.2 Å². The summed E-state index contributed by atoms with van der Waals surface area (Å²) in [5.41, 5.74) is -5.06. The Hall–Kier alpha value is -2.13. The van der Waals surface area contributed by atoms with E-state index in [1.807, 2.05) is 4.90 Å². The van der Waals surface area contributed by atoms with Gasteiger partial charge in [-0.25, -0.2) is 19.2 Å². The van der Waals surface area contributed by atoms with Crippen molar-refractivity contribution in [2.24, 2.45) is 0 Å². The summed E-state index contributed by atoms with van der Waals surface area (Å²) in [5, 5.41) is 9.48. The predicted octanol–water partition coefficient (Wildman–Crippen LogP) is 3.85. The molecule has 1 aliphatic carbocycles. The van der Waals surface area contributed by atoms with Gasteiger partial charge in [-0.05, 0) is 43.9 Å². The minimum absolute atomic E-state index is 0.0291. The van der Waals surface area contributed by atoms with Crippen LogP contribution < -0.4 is 10.2 Å². The lowest BCUT2D eigenvalue weighted by molar-refractivity contribution is -0.0328. The number of halogens is 5. The topological polar surface area (TPSA) is 104 Å². The lowest BCUT2D eigenvalue weighted by atomic mass is 9.77. The van der Waals surface area contributed by atoms with Gasteiger partial charge in [0.2, 0.25) is 5.95 Å². The molecule has 0 aromatic carbocycles. The number of anilines is 2. The summed E-state index contributed by atoms with van der Waals surface area (Å²) in [7, 11) is -2.60. The lowest BCUT2D eigenvalue weighted by Gasteiger charge is -2.41. The molecule has 2 aromatic heterocycles. The molecule has 2 aromatic rings. The van der Waals surface area contributed by atoms with E-state index >= 15 is 0 Å². The molecule has 0 bridgehead atoms. The SMILES string of the molecule is O=S1c2c(nc(N3CCC(c4ncc(SC(F)(F)F)cn4)CC3)nc2NC2(CO)CCC2)CC1(F)F. The molecule has 0 radical (unpaired) electrons. The Morgan fingerprint density at radius 2 is 1.83 bits per heavy atom. The van der Waals surface area contributed by atoms with Crippen molar-refractivity contribution in [1.82, 2.24) is 19.9 Å². The number of rotatable bonds is 6. The number of nitrogens with zero attached hydrogens (tertiary/aromatic N) is 5. The highest BCUT2D eigenvalue weighted by Gasteiger charge is 2.50. The largest absolute Gasteiger partial charge is 0.446 e. The van der Waals surface area contributed by atoms with Crippen molar-refractivity contribution in [3.8, 4) is 0 Å². The second-order valence-corrected chi connectivity index (χ2v) is 11.9. The second kappa shape index (κ2) is 9.31. The summed E-state index contributed by atoms with van der Waals surface area (Å²) in [4.78, 5) is 18.6. The highest BCUT2D eigenvalue weighted by molar-refractivity contribution is 8.00. The first-order valence-corrected chi connectivity index (χ1v) is 13.4. The minimum Gasteiger partial charge on any atom is -0.394 e. The third-order valence-electron chi connectivity index (χ3n) is 6.78. The van der Waals surface area contributed by atoms with Gasteiger partial charge < -0.3 is 15.3 Å². The highest BCUT2D eigenvalue weighted by Crippen LogP contribution is 2.44. The number of hydrogen-bond donors (Lipinski definition) is 2. The maximum Gasteiger partial charge on any atom is 0.446 e. The monoisotopic (exact) mass is 550 g/mol. The van der Waals surface area contributed by atoms with E-state index in [9.17, 15) is 31.3 Å². The van der Waals surface area contributed by atoms with Crippen LogP contribution in [0.3, 0.4) is 0 Å². The van der Waals surface area contributed by atoms with Gasteiger partial charge in [0.15, 0.2) is 0 Å². The molecule has 1 saturated carbocycles. The first-order chi connectivity index (χ1) is 17.0. The van der Waals surface area contributed by atoms with Crippen molar-refractivity contribution < 1.29 is 31.3 Å². The van der Waals surface area contributed by atoms with E-state index in [0.717, 1.165) is 18.8 Å². The molecule has 4 heterocycles. The van der Waals surface area contributed by atoms with E-state index in [1.54, 1.807) is 0 Å². The minimum atomic E-state index is -4.41. The van der Waals surface area contributed by atoms with Crippen LogP contribution in [-0.2, 0) is 17.2 Å². The van der Waals surface area contributed by atoms with Crippen molar-refractivity contribution in [3.05, 3.63) is 23.9 Å². The van der Waals surface area contributed by atoms with Gasteiger partial charge in [-0.3, -0.25) is 0 Å². The molecule has 15 heteroatoms. The second-order valence-electron chi connectivity index (χ2n) is 9.23. The van der Waals surface area contributed by atoms with Gasteiger partial charge in [-0.15, -0.1) is 0 Å². The van der Waals surface area contributed by atoms with Crippen LogP contribution in [0, 0.1) is 0 Å². The number of nitrogens with one attached hydrogen (secondary N) is 1. The summed E-state index contributed by atoms with van der Waals surface area (Å²) in [6.45, 7) is 0.710. The van der Waals surface area contributed by atoms with Crippen LogP contribution in [0.2, 0.25) is 0 Å². The van der Waals surface area contributed by atoms with Crippen molar-refractivity contribution in [3.63, 3.8) is 0 Å². The quantitative estimate of drug-likeness (QED) is 0.410. The number of alkyl halides is 5. The zero-order valence-electron chi connectivity index (χ0n) is 18.9. The number of aliphatic hydroxyl groups excluding tert-OH is 1. The molecular formula is C21H23F5N6O2S2. The fourth-order valence-electron chi connectivity index (χ4n) is 4.67. The molecule has 0 spiro atoms. The van der Waals surface area contributed by atoms with Crippen LogP contribution in [0.4, 0.5) is 33.7 Å². The van der Waals surface area contributed by atoms with Crippen LogP contribution in [0.15, 0.2) is 22.2 Å². The van der Waals surface area contributed by atoms with Gasteiger partial charge >= 0.3 is 10.8 Å². The molecule has 8 nitrogen and oxygen atoms in total. The summed E-state index contributed by atoms with van der Waals surface area (Å²) >= 11 is -0.271. The first kappa shape index (κ1) is 25.5. The van der Waals surface area contributed by atoms with Crippen LogP contribution >= 0.6 is 11.8 Å². The summed E-state index contributed by atoms with van der Waals surface area (Å²) in [6, 6.07) is 0. The van der Waals surface area contributed by atoms with Gasteiger partial charge in [-0.1, -0.05) is 0 Å². The normalized spacial score (nSPS) is 23.3. The maximum absolute atomic E-state index is 14.3. The van der Waals surface area contributed by atoms with E-state index in [2.05, 4.69) is 25.3 Å². The third kappa shape index (κ3) is 5.01. The third-order valence-corrected chi connectivity index (χ3v) is 8.94. The zero-order chi connectivity index (χ0) is 25.7. The Kier molecular flexibility index (Phi) is 6.60. The number of fused-ring (bicyclic) bond motifs is 1. The average molecular weight is 551 g/mol. The molecule has 2 N–H and O–H groups in total. The van der Waals surface area contributed by atoms with Crippen LogP contribution in [0.5, 0.6) is 0 Å². The Morgan fingerprint density at radius 3 is 2.39 bits per heavy atom. The smallest absolute Gasteiger partial charge is 0.394 e. The first-order valence-electron chi connectivity index (χ1n) is 11.4. The van der Waals surface area contributed by atoms with Gasteiger partial charge in [0.25, 0.3) is 0 Å². The van der Waals surface area contributed by atoms with Gasteiger partial charge in [0, 0.05) is 31.4 Å². The molecule has 2 fully saturated rings. The molecular weight excluding hydrogens is 527 g/mol. The average Bonchev–Trinajstić information content (AvgIpc) is 3.04. The fraction of sp³-hybridized carbons (Fsp3) is 0.619. The predicted molar refractivity (Wildman–Crippen MR) is 123 cm³/mol. The molecule has 196 valence electrons. The molecule has 0 amide bonds. The molecule has 3 aliphatic rings. The number of aliphatic hydroxyl groups is 1. The summed E-state index contributed by atoms with van der Waals surface area (Å²) < 4.78 is 78.7. The number of piperidine rings is 1. The Balaban J connectivity index is 1.33. The van der Waals surface area contributed by atoms with Crippen molar-refractivity contribution >= 4 is 34.3 Å². The molecule has 5 rings (SSSR count). The van der Waals surface area contributed by atoms with Crippen LogP contribution in [0.1, 0.15) is 49.5 Å². The Morgan fingerprint density at radius 1 is 1.17 bits per heavy atom. The molecule has 1 saturated heterocycles. The van der Waals surface area contributed by atoms with Crippen molar-refractivity contribution in [1.29, 1.82) is 0 Å². The van der Waals surface area contributed by atoms with E-state index in [-0.39, 0.29) is 51.5 Å². The van der Waals surface area contributed by atoms with Gasteiger partial charge in [-0.2, -0.15) is 26.9 Å². The summed E-state index contributed by atoms with van der Waals surface area (Å²) in [5.74, 6) is 0.670. The Labute approximate surface area is 210 Å². The van der Waals surface area contributed by atoms with Gasteiger partial charge in [0.1, 0.15) is 27.3 Å². The van der Waals surface area contributed by atoms with Crippen molar-refractivity contribution in [2.45, 2.75) is 70.5 Å². The van der Waals surface area contributed by atoms with E-state index in [4.69, 9.17) is 0 Å². The number of aromatic nitrogens is 4. The standard InChI is InChI=1S/C21H23F5N6O2S2/c22-20(23)8-14-15(36(20)34)17(31-19(11-33)4-1-5-19)30-18(29-14)32-6-2-12(3-7-32)16-27-9-13(10-28-16)35-21(24,25)26/h9-10,12,33H,1-8,11H2,(H,29,30,31). The zero-order valence-corrected chi connectivity index (χ0v) is 20.5.